The van der Waals surface area contributed by atoms with Crippen LogP contribution in [0.25, 0.3) is 11.0 Å². The number of carbonyl (C=O) groups is 1. The van der Waals surface area contributed by atoms with Crippen molar-refractivity contribution in [3.05, 3.63) is 36.0 Å². The number of carbonyl (C=O) groups excluding carboxylic acids is 1. The third kappa shape index (κ3) is 5.59. The van der Waals surface area contributed by atoms with Crippen LogP contribution in [-0.4, -0.2) is 75.6 Å². The van der Waals surface area contributed by atoms with Crippen LogP contribution in [0.15, 0.2) is 24.5 Å². The highest BCUT2D eigenvalue weighted by molar-refractivity contribution is 5.98. The molecule has 0 aliphatic carbocycles. The highest BCUT2D eigenvalue weighted by atomic mass is 19.1. The molecule has 1 aliphatic heterocycles. The fourth-order valence-electron chi connectivity index (χ4n) is 4.66. The zero-order chi connectivity index (χ0) is 25.7. The lowest BCUT2D eigenvalue weighted by Gasteiger charge is -2.26. The topological polar surface area (TPSA) is 88.4 Å². The third-order valence-electron chi connectivity index (χ3n) is 6.70. The van der Waals surface area contributed by atoms with E-state index in [2.05, 4.69) is 25.2 Å². The van der Waals surface area contributed by atoms with Crippen molar-refractivity contribution in [3.8, 4) is 5.88 Å². The molecule has 194 valence electrons. The van der Waals surface area contributed by atoms with Crippen molar-refractivity contribution < 1.29 is 13.9 Å². The van der Waals surface area contributed by atoms with E-state index in [-0.39, 0.29) is 17.1 Å². The van der Waals surface area contributed by atoms with Crippen LogP contribution in [0.2, 0.25) is 0 Å². The summed E-state index contributed by atoms with van der Waals surface area (Å²) in [5.74, 6) is -0.121. The molecule has 0 bridgehead atoms. The van der Waals surface area contributed by atoms with Crippen LogP contribution in [0.3, 0.4) is 0 Å². The molecule has 1 amide bonds. The van der Waals surface area contributed by atoms with Gasteiger partial charge in [-0.3, -0.25) is 9.69 Å². The van der Waals surface area contributed by atoms with E-state index in [1.54, 1.807) is 30.9 Å². The minimum absolute atomic E-state index is 0.0165. The molecular weight excluding hydrogens is 461 g/mol. The first kappa shape index (κ1) is 25.8. The van der Waals surface area contributed by atoms with Crippen LogP contribution in [-0.2, 0) is 0 Å². The first-order chi connectivity index (χ1) is 17.4. The van der Waals surface area contributed by atoms with E-state index in [1.165, 1.54) is 30.4 Å². The van der Waals surface area contributed by atoms with Crippen LogP contribution in [0.4, 0.5) is 16.0 Å². The molecule has 1 N–H and O–H groups in total. The second kappa shape index (κ2) is 11.6. The number of rotatable bonds is 10. The molecule has 0 unspecified atom stereocenters. The Morgan fingerprint density at radius 1 is 1.14 bits per heavy atom. The smallest absolute Gasteiger partial charge is 0.273 e. The maximum absolute atomic E-state index is 15.4. The Hall–Kier alpha value is -3.27. The molecule has 3 aromatic rings. The fraction of sp³-hybridized carbons (Fsp3) is 0.538. The van der Waals surface area contributed by atoms with E-state index in [4.69, 9.17) is 4.74 Å². The third-order valence-corrected chi connectivity index (χ3v) is 6.70. The summed E-state index contributed by atoms with van der Waals surface area (Å²) in [6.07, 6.45) is 8.40. The summed E-state index contributed by atoms with van der Waals surface area (Å²) in [6.45, 7) is 7.82. The summed E-state index contributed by atoms with van der Waals surface area (Å²) in [7, 11) is 3.23. The number of ether oxygens (including phenoxy) is 1. The first-order valence-electron chi connectivity index (χ1n) is 12.8. The second-order valence-corrected chi connectivity index (χ2v) is 9.39. The molecule has 0 spiro atoms. The number of amides is 1. The first-order valence-corrected chi connectivity index (χ1v) is 12.8. The molecule has 0 aromatic carbocycles. The zero-order valence-electron chi connectivity index (χ0n) is 21.6. The van der Waals surface area contributed by atoms with Gasteiger partial charge in [-0.1, -0.05) is 20.3 Å². The molecule has 0 saturated carbocycles. The molecule has 4 rings (SSSR count). The van der Waals surface area contributed by atoms with Gasteiger partial charge in [0.1, 0.15) is 17.9 Å². The number of hydrogen-bond acceptors (Lipinski definition) is 7. The number of pyridine rings is 1. The largest absolute Gasteiger partial charge is 0.476 e. The van der Waals surface area contributed by atoms with Crippen LogP contribution in [0.5, 0.6) is 5.88 Å². The number of likely N-dealkylation sites (tertiary alicyclic amines) is 1. The highest BCUT2D eigenvalue weighted by Crippen LogP contribution is 2.31. The molecule has 10 heteroatoms. The Bertz CT molecular complexity index is 1170. The number of halogens is 1. The summed E-state index contributed by atoms with van der Waals surface area (Å²) in [6, 6.07) is 3.58. The van der Waals surface area contributed by atoms with E-state index < -0.39 is 11.7 Å². The van der Waals surface area contributed by atoms with Gasteiger partial charge in [0.05, 0.1) is 17.3 Å². The van der Waals surface area contributed by atoms with Crippen molar-refractivity contribution in [2.75, 3.05) is 45.7 Å². The molecule has 1 aliphatic rings. The van der Waals surface area contributed by atoms with Gasteiger partial charge in [-0.25, -0.2) is 14.4 Å². The van der Waals surface area contributed by atoms with Gasteiger partial charge in [0.2, 0.25) is 11.8 Å². The van der Waals surface area contributed by atoms with E-state index >= 15 is 4.39 Å². The molecule has 0 radical (unpaired) electrons. The predicted octanol–water partition coefficient (Wildman–Crippen LogP) is 4.64. The summed E-state index contributed by atoms with van der Waals surface area (Å²) in [5.41, 5.74) is 1.10. The standard InChI is InChI=1S/C26H36FN7O2/c1-5-19(6-2)34-23(25(35)32(3)4)22(27)20-17-29-26(31-24(20)34)30-18-10-11-21(28-16-18)36-15-14-33-12-8-7-9-13-33/h10-11,16-17,19H,5-9,12-15H2,1-4H3,(H,29,30,31). The number of aromatic nitrogens is 4. The van der Waals surface area contributed by atoms with Crippen molar-refractivity contribution in [1.29, 1.82) is 0 Å². The number of nitrogens with one attached hydrogen (secondary N) is 1. The molecule has 3 aromatic heterocycles. The van der Waals surface area contributed by atoms with Gasteiger partial charge in [-0.15, -0.1) is 0 Å². The van der Waals surface area contributed by atoms with E-state index in [0.29, 0.717) is 29.8 Å². The molecule has 1 saturated heterocycles. The summed E-state index contributed by atoms with van der Waals surface area (Å²) in [5, 5.41) is 3.36. The highest BCUT2D eigenvalue weighted by Gasteiger charge is 2.28. The van der Waals surface area contributed by atoms with Crippen molar-refractivity contribution in [2.24, 2.45) is 0 Å². The maximum Gasteiger partial charge on any atom is 0.273 e. The Balaban J connectivity index is 1.52. The van der Waals surface area contributed by atoms with Gasteiger partial charge in [-0.05, 0) is 44.8 Å². The van der Waals surface area contributed by atoms with Crippen LogP contribution < -0.4 is 10.1 Å². The Morgan fingerprint density at radius 3 is 2.53 bits per heavy atom. The fourth-order valence-corrected chi connectivity index (χ4v) is 4.66. The molecule has 1 fully saturated rings. The van der Waals surface area contributed by atoms with Gasteiger partial charge in [-0.2, -0.15) is 4.98 Å². The van der Waals surface area contributed by atoms with E-state index in [9.17, 15) is 4.79 Å². The SMILES string of the molecule is CCC(CC)n1c(C(=O)N(C)C)c(F)c2cnc(Nc3ccc(OCCN4CCCCC4)nc3)nc21. The van der Waals surface area contributed by atoms with Crippen molar-refractivity contribution in [1.82, 2.24) is 29.3 Å². The Labute approximate surface area is 211 Å². The number of nitrogens with zero attached hydrogens (tertiary/aromatic N) is 6. The van der Waals surface area contributed by atoms with Crippen molar-refractivity contribution >= 4 is 28.6 Å². The van der Waals surface area contributed by atoms with Gasteiger partial charge >= 0.3 is 0 Å². The predicted molar refractivity (Wildman–Crippen MR) is 138 cm³/mol. The van der Waals surface area contributed by atoms with Gasteiger partial charge in [0.25, 0.3) is 5.91 Å². The van der Waals surface area contributed by atoms with Gasteiger partial charge < -0.3 is 19.5 Å². The summed E-state index contributed by atoms with van der Waals surface area (Å²) >= 11 is 0. The van der Waals surface area contributed by atoms with Crippen molar-refractivity contribution in [2.45, 2.75) is 52.0 Å². The average Bonchev–Trinajstić information content (AvgIpc) is 3.17. The quantitative estimate of drug-likeness (QED) is 0.437. The van der Waals surface area contributed by atoms with E-state index in [1.807, 2.05) is 19.9 Å². The normalized spacial score (nSPS) is 14.4. The Morgan fingerprint density at radius 2 is 1.89 bits per heavy atom. The number of hydrogen-bond donors (Lipinski definition) is 1. The Kier molecular flexibility index (Phi) is 8.35. The number of piperidine rings is 1. The summed E-state index contributed by atoms with van der Waals surface area (Å²) in [4.78, 5) is 29.9. The zero-order valence-corrected chi connectivity index (χ0v) is 21.6. The molecule has 9 nitrogen and oxygen atoms in total. The maximum atomic E-state index is 15.4. The summed E-state index contributed by atoms with van der Waals surface area (Å²) < 4.78 is 22.9. The minimum atomic E-state index is -0.588. The molecule has 4 heterocycles. The lowest BCUT2D eigenvalue weighted by atomic mass is 10.1. The van der Waals surface area contributed by atoms with Gasteiger partial charge in [0.15, 0.2) is 5.82 Å². The second-order valence-electron chi connectivity index (χ2n) is 9.39. The molecular formula is C26H36FN7O2. The number of anilines is 2. The van der Waals surface area contributed by atoms with Crippen LogP contribution in [0.1, 0.15) is 62.5 Å². The lowest BCUT2D eigenvalue weighted by molar-refractivity contribution is 0.0810. The van der Waals surface area contributed by atoms with Crippen LogP contribution in [0, 0.1) is 5.82 Å². The number of fused-ring (bicyclic) bond motifs is 1. The monoisotopic (exact) mass is 497 g/mol. The average molecular weight is 498 g/mol. The molecule has 0 atom stereocenters. The lowest BCUT2D eigenvalue weighted by Crippen LogP contribution is -2.33. The van der Waals surface area contributed by atoms with Crippen LogP contribution >= 0.6 is 0 Å². The van der Waals surface area contributed by atoms with Gasteiger partial charge in [0, 0.05) is 38.9 Å². The minimum Gasteiger partial charge on any atom is -0.476 e. The molecule has 36 heavy (non-hydrogen) atoms. The van der Waals surface area contributed by atoms with Crippen molar-refractivity contribution in [3.63, 3.8) is 0 Å². The van der Waals surface area contributed by atoms with E-state index in [0.717, 1.165) is 32.5 Å².